The highest BCUT2D eigenvalue weighted by atomic mass is 79.9. The summed E-state index contributed by atoms with van der Waals surface area (Å²) in [5, 5.41) is 62.2. The molecule has 91 heavy (non-hydrogen) atoms. The first kappa shape index (κ1) is 72.5. The summed E-state index contributed by atoms with van der Waals surface area (Å²) in [6, 6.07) is 41.5. The van der Waals surface area contributed by atoms with Crippen molar-refractivity contribution in [2.24, 2.45) is 27.6 Å². The topological polar surface area (TPSA) is 126 Å². The summed E-state index contributed by atoms with van der Waals surface area (Å²) in [6.45, 7) is 48.0. The molecule has 0 unspecified atom stereocenters. The van der Waals surface area contributed by atoms with Gasteiger partial charge in [0.2, 0.25) is 0 Å². The van der Waals surface area contributed by atoms with Crippen molar-refractivity contribution in [3.63, 3.8) is 0 Å². The number of hydrogen-bond donors (Lipinski definition) is 6. The molecule has 1 fully saturated rings. The van der Waals surface area contributed by atoms with Crippen LogP contribution in [0.4, 0.5) is 0 Å². The van der Waals surface area contributed by atoms with E-state index in [-0.39, 0.29) is 33.3 Å². The van der Waals surface area contributed by atoms with Crippen LogP contribution in [0.1, 0.15) is 236 Å². The Morgan fingerprint density at radius 1 is 0.462 bits per heavy atom. The standard InChI is InChI=1S/C17H19NO.C16H18O.2C14H20O.C11H15BrO.C11H22O/c1-4-17(2,3)18-13-9-6-5-8-12(13)16-14(18)10-7-11-15(16)19;1-15(2)11-7-5-6-10-13(17)9-8-12(14(10)11)16(15,3)4;1-13(2)8-10-5-6-12(15)7-11(10)9-14(13,3)4;1-13(2)8-7-10-9-11(15)5-6-12(10)14(13,3)4;1-4-11(2,3)8-5-6-10(13)9(12)7-8;1-4-11(2,3)9-5-7-10(12)8-6-9/h5-11,19H,4H2,1-3H3;5-9,17H,1-4H3;5-7,15H,8-9H2,1-4H3;5-6,9,15H,7-8H2,1-4H3;5-7,13H,4H2,1-3H3;9-10,12H,4-8H2,1-3H3. The van der Waals surface area contributed by atoms with E-state index in [4.69, 9.17) is 0 Å². The second-order valence-corrected chi connectivity index (χ2v) is 33.3. The average molecular weight is 1300 g/mol. The van der Waals surface area contributed by atoms with Crippen molar-refractivity contribution in [3.05, 3.63) is 171 Å². The molecule has 1 saturated carbocycles. The first-order valence-electron chi connectivity index (χ1n) is 33.9. The van der Waals surface area contributed by atoms with Gasteiger partial charge >= 0.3 is 0 Å². The number of aryl methyl sites for hydroxylation is 1. The van der Waals surface area contributed by atoms with Crippen molar-refractivity contribution < 1.29 is 30.6 Å². The first-order valence-corrected chi connectivity index (χ1v) is 34.7. The molecule has 7 aromatic carbocycles. The molecule has 8 heteroatoms. The maximum Gasteiger partial charge on any atom is 0.129 e. The number of aromatic hydroxyl groups is 5. The van der Waals surface area contributed by atoms with Crippen LogP contribution in [0, 0.1) is 27.6 Å². The predicted octanol–water partition coefficient (Wildman–Crippen LogP) is 22.8. The van der Waals surface area contributed by atoms with E-state index in [2.05, 4.69) is 214 Å². The molecule has 0 saturated heterocycles. The summed E-state index contributed by atoms with van der Waals surface area (Å²) >= 11 is 3.32. The summed E-state index contributed by atoms with van der Waals surface area (Å²) in [6.07, 6.45) is 12.3. The van der Waals surface area contributed by atoms with Crippen molar-refractivity contribution in [2.75, 3.05) is 0 Å². The molecular weight excluding hydrogens is 1190 g/mol. The fourth-order valence-electron chi connectivity index (χ4n) is 14.1. The minimum absolute atomic E-state index is 0.00564. The van der Waals surface area contributed by atoms with E-state index in [1.165, 1.54) is 75.5 Å². The van der Waals surface area contributed by atoms with Crippen LogP contribution in [0.3, 0.4) is 0 Å². The maximum absolute atomic E-state index is 10.2. The van der Waals surface area contributed by atoms with Gasteiger partial charge in [0.15, 0.2) is 0 Å². The Morgan fingerprint density at radius 2 is 0.989 bits per heavy atom. The predicted molar refractivity (Wildman–Crippen MR) is 390 cm³/mol. The van der Waals surface area contributed by atoms with Gasteiger partial charge in [-0.05, 0) is 248 Å². The number of aliphatic hydroxyl groups excluding tert-OH is 1. The summed E-state index contributed by atoms with van der Waals surface area (Å²) in [5.74, 6) is 2.67. The van der Waals surface area contributed by atoms with Gasteiger partial charge in [-0.25, -0.2) is 0 Å². The summed E-state index contributed by atoms with van der Waals surface area (Å²) in [7, 11) is 0. The maximum atomic E-state index is 10.2. The highest BCUT2D eigenvalue weighted by Crippen LogP contribution is 2.56. The molecule has 1 aromatic heterocycles. The fraction of sp³-hybridized carbons (Fsp3) is 0.518. The molecule has 0 atom stereocenters. The van der Waals surface area contributed by atoms with Gasteiger partial charge in [-0.1, -0.05) is 205 Å². The number of fused-ring (bicyclic) bond motifs is 5. The van der Waals surface area contributed by atoms with E-state index >= 15 is 0 Å². The number of nitrogens with zero attached hydrogens (tertiary/aromatic N) is 1. The molecule has 4 aliphatic rings. The zero-order valence-corrected chi connectivity index (χ0v) is 61.2. The van der Waals surface area contributed by atoms with Gasteiger partial charge in [-0.3, -0.25) is 0 Å². The second-order valence-electron chi connectivity index (χ2n) is 32.5. The number of para-hydroxylation sites is 1. The second kappa shape index (κ2) is 27.2. The van der Waals surface area contributed by atoms with Crippen molar-refractivity contribution in [1.82, 2.24) is 4.57 Å². The zero-order valence-electron chi connectivity index (χ0n) is 59.6. The Labute approximate surface area is 556 Å². The first-order chi connectivity index (χ1) is 42.1. The Balaban J connectivity index is 0.000000156. The van der Waals surface area contributed by atoms with Crippen LogP contribution in [0.2, 0.25) is 0 Å². The fourth-order valence-corrected chi connectivity index (χ4v) is 14.5. The summed E-state index contributed by atoms with van der Waals surface area (Å²) in [5.41, 5.74) is 13.7. The van der Waals surface area contributed by atoms with Gasteiger partial charge < -0.3 is 35.2 Å². The van der Waals surface area contributed by atoms with Gasteiger partial charge in [0, 0.05) is 27.2 Å². The molecule has 0 amide bonds. The number of aromatic nitrogens is 1. The number of hydrogen-bond acceptors (Lipinski definition) is 6. The quantitative estimate of drug-likeness (QED) is 0.0985. The van der Waals surface area contributed by atoms with Crippen LogP contribution >= 0.6 is 15.9 Å². The molecule has 494 valence electrons. The molecule has 6 N–H and O–H groups in total. The highest BCUT2D eigenvalue weighted by Gasteiger charge is 2.47. The van der Waals surface area contributed by atoms with Gasteiger partial charge in [-0.2, -0.15) is 0 Å². The van der Waals surface area contributed by atoms with Gasteiger partial charge in [0.1, 0.15) is 28.7 Å². The highest BCUT2D eigenvalue weighted by molar-refractivity contribution is 9.10. The SMILES string of the molecule is CC1(C)CCc2cc(O)ccc2C1(C)C.CC1(C)Cc2ccc(O)cc2CC1(C)C.CC1(C)c2cccc3c(O)ccc(c23)C1(C)C.CCC(C)(C)C1CCC(O)CC1.CCC(C)(C)c1ccc(O)c(Br)c1.CCC(C)(C)n1c2ccccc2c2c(O)cccc21. The normalized spacial score (nSPS) is 19.5. The van der Waals surface area contributed by atoms with Crippen molar-refractivity contribution in [3.8, 4) is 28.7 Å². The monoisotopic (exact) mass is 1300 g/mol. The van der Waals surface area contributed by atoms with Crippen LogP contribution in [0.25, 0.3) is 32.6 Å². The van der Waals surface area contributed by atoms with E-state index in [9.17, 15) is 30.6 Å². The Bertz CT molecular complexity index is 3800. The molecule has 0 bridgehead atoms. The lowest BCUT2D eigenvalue weighted by Crippen LogP contribution is -2.40. The number of halogens is 1. The molecule has 12 rings (SSSR count). The Kier molecular flexibility index (Phi) is 21.6. The van der Waals surface area contributed by atoms with Gasteiger partial charge in [0.25, 0.3) is 0 Å². The van der Waals surface area contributed by atoms with E-state index in [1.807, 2.05) is 60.7 Å². The molecule has 8 aromatic rings. The summed E-state index contributed by atoms with van der Waals surface area (Å²) < 4.78 is 3.11. The largest absolute Gasteiger partial charge is 0.508 e. The number of phenolic OH excluding ortho intramolecular Hbond substituents is 5. The number of rotatable bonds is 6. The van der Waals surface area contributed by atoms with Crippen LogP contribution in [0.5, 0.6) is 28.7 Å². The van der Waals surface area contributed by atoms with E-state index in [1.54, 1.807) is 18.2 Å². The Morgan fingerprint density at radius 3 is 1.58 bits per heavy atom. The number of phenols is 5. The number of aliphatic hydroxyl groups is 1. The van der Waals surface area contributed by atoms with Gasteiger partial charge in [-0.15, -0.1) is 0 Å². The zero-order chi connectivity index (χ0) is 67.8. The van der Waals surface area contributed by atoms with Crippen molar-refractivity contribution in [1.29, 1.82) is 0 Å². The smallest absolute Gasteiger partial charge is 0.129 e. The van der Waals surface area contributed by atoms with E-state index in [0.29, 0.717) is 50.4 Å². The molecule has 0 radical (unpaired) electrons. The lowest BCUT2D eigenvalue weighted by molar-refractivity contribution is 0.0639. The number of benzene rings is 7. The molecule has 0 spiro atoms. The van der Waals surface area contributed by atoms with Crippen molar-refractivity contribution >= 4 is 48.5 Å². The Hall–Kier alpha value is -5.96. The van der Waals surface area contributed by atoms with Gasteiger partial charge in [0.05, 0.1) is 16.1 Å². The third kappa shape index (κ3) is 14.9. The minimum Gasteiger partial charge on any atom is -0.508 e. The lowest BCUT2D eigenvalue weighted by atomic mass is 9.57. The van der Waals surface area contributed by atoms with E-state index in [0.717, 1.165) is 77.0 Å². The molecule has 4 aliphatic carbocycles. The third-order valence-corrected chi connectivity index (χ3v) is 24.8. The molecule has 1 heterocycles. The molecule has 7 nitrogen and oxygen atoms in total. The van der Waals surface area contributed by atoms with Crippen LogP contribution in [-0.4, -0.2) is 41.3 Å². The third-order valence-electron chi connectivity index (χ3n) is 24.2. The molecule has 0 aliphatic heterocycles. The van der Waals surface area contributed by atoms with Crippen molar-refractivity contribution in [2.45, 2.75) is 249 Å². The summed E-state index contributed by atoms with van der Waals surface area (Å²) in [4.78, 5) is 0. The molecular formula is C83H114BrNO6. The lowest BCUT2D eigenvalue weighted by Gasteiger charge is -2.47. The van der Waals surface area contributed by atoms with Crippen LogP contribution in [0.15, 0.2) is 132 Å². The van der Waals surface area contributed by atoms with Crippen LogP contribution in [-0.2, 0) is 46.5 Å². The van der Waals surface area contributed by atoms with Crippen LogP contribution < -0.4 is 0 Å². The minimum atomic E-state index is -0.00564. The average Bonchev–Trinajstić information content (AvgIpc) is 1.58. The van der Waals surface area contributed by atoms with E-state index < -0.39 is 0 Å².